The molecule has 0 bridgehead atoms. The Morgan fingerprint density at radius 2 is 1.79 bits per heavy atom. The van der Waals surface area contributed by atoms with Crippen LogP contribution in [0.3, 0.4) is 0 Å². The largest absolute Gasteiger partial charge is 0.437 e. The van der Waals surface area contributed by atoms with E-state index in [1.54, 1.807) is 0 Å². The maximum Gasteiger partial charge on any atom is 0.248 e. The number of nitrogen functional groups attached to an aromatic ring is 1. The first kappa shape index (κ1) is 19.2. The number of amides is 1. The second-order valence-corrected chi connectivity index (χ2v) is 6.60. The molecule has 0 radical (unpaired) electrons. The second-order valence-electron chi connectivity index (χ2n) is 6.60. The average molecular weight is 377 g/mol. The number of rotatable bonds is 7. The lowest BCUT2D eigenvalue weighted by Gasteiger charge is -2.13. The summed E-state index contributed by atoms with van der Waals surface area (Å²) >= 11 is 0. The van der Waals surface area contributed by atoms with E-state index in [9.17, 15) is 4.79 Å². The minimum atomic E-state index is -0.212. The molecule has 0 aliphatic rings. The van der Waals surface area contributed by atoms with Crippen molar-refractivity contribution in [2.75, 3.05) is 11.2 Å². The third-order valence-corrected chi connectivity index (χ3v) is 4.14. The van der Waals surface area contributed by atoms with E-state index in [1.807, 2.05) is 54.6 Å². The number of hydrazine groups is 1. The molecule has 3 aromatic rings. The Labute approximate surface area is 163 Å². The van der Waals surface area contributed by atoms with Gasteiger partial charge in [0.05, 0.1) is 6.42 Å². The molecule has 0 unspecified atom stereocenters. The number of nitrogens with zero attached hydrogens (tertiary/aromatic N) is 2. The van der Waals surface area contributed by atoms with E-state index in [0.29, 0.717) is 11.7 Å². The zero-order valence-corrected chi connectivity index (χ0v) is 15.8. The van der Waals surface area contributed by atoms with Gasteiger partial charge in [-0.15, -0.1) is 0 Å². The highest BCUT2D eigenvalue weighted by molar-refractivity contribution is 5.80. The molecular formula is C21H23N5O2. The Morgan fingerprint density at radius 1 is 1.07 bits per heavy atom. The molecule has 0 saturated carbocycles. The van der Waals surface area contributed by atoms with E-state index in [2.05, 4.69) is 34.7 Å². The SMILES string of the molecule is CC(C)c1ccc(Oc2ncnc(NNC(=O)Cc3ccccc3)c2N)cc1. The first-order valence-corrected chi connectivity index (χ1v) is 9.00. The Morgan fingerprint density at radius 3 is 2.46 bits per heavy atom. The van der Waals surface area contributed by atoms with Gasteiger partial charge in [0.25, 0.3) is 0 Å². The van der Waals surface area contributed by atoms with Crippen LogP contribution in [-0.2, 0) is 11.2 Å². The summed E-state index contributed by atoms with van der Waals surface area (Å²) in [5.41, 5.74) is 13.7. The highest BCUT2D eigenvalue weighted by Gasteiger charge is 2.12. The van der Waals surface area contributed by atoms with E-state index in [4.69, 9.17) is 10.5 Å². The van der Waals surface area contributed by atoms with Gasteiger partial charge in [-0.1, -0.05) is 56.3 Å². The summed E-state index contributed by atoms with van der Waals surface area (Å²) in [5, 5.41) is 0. The van der Waals surface area contributed by atoms with Crippen LogP contribution in [0.5, 0.6) is 11.6 Å². The van der Waals surface area contributed by atoms with Gasteiger partial charge in [-0.3, -0.25) is 15.6 Å². The number of carbonyl (C=O) groups is 1. The fourth-order valence-corrected chi connectivity index (χ4v) is 2.55. The smallest absolute Gasteiger partial charge is 0.248 e. The van der Waals surface area contributed by atoms with Crippen LogP contribution in [0, 0.1) is 0 Å². The number of nitrogens with one attached hydrogen (secondary N) is 2. The molecule has 0 fully saturated rings. The summed E-state index contributed by atoms with van der Waals surface area (Å²) in [6, 6.07) is 17.2. The molecule has 0 atom stereocenters. The van der Waals surface area contributed by atoms with Gasteiger partial charge in [0, 0.05) is 0 Å². The van der Waals surface area contributed by atoms with Crippen LogP contribution in [0.4, 0.5) is 11.5 Å². The van der Waals surface area contributed by atoms with Crippen molar-refractivity contribution in [3.05, 3.63) is 72.1 Å². The lowest BCUT2D eigenvalue weighted by molar-refractivity contribution is -0.119. The number of anilines is 2. The Balaban J connectivity index is 1.63. The lowest BCUT2D eigenvalue weighted by atomic mass is 10.0. The van der Waals surface area contributed by atoms with Crippen LogP contribution in [0.15, 0.2) is 60.9 Å². The van der Waals surface area contributed by atoms with Crippen LogP contribution in [0.1, 0.15) is 30.9 Å². The van der Waals surface area contributed by atoms with E-state index < -0.39 is 0 Å². The maximum atomic E-state index is 12.1. The van der Waals surface area contributed by atoms with Gasteiger partial charge in [-0.2, -0.15) is 4.98 Å². The van der Waals surface area contributed by atoms with Gasteiger partial charge in [-0.25, -0.2) is 4.98 Å². The quantitative estimate of drug-likeness (QED) is 0.543. The first-order valence-electron chi connectivity index (χ1n) is 9.00. The molecule has 0 aliphatic carbocycles. The average Bonchev–Trinajstić information content (AvgIpc) is 2.70. The standard InChI is InChI=1S/C21H23N5O2/c1-14(2)16-8-10-17(11-9-16)28-21-19(22)20(23-13-24-21)26-25-18(27)12-15-6-4-3-5-7-15/h3-11,13-14H,12,22H2,1-2H3,(H,25,27)(H,23,24,26). The van der Waals surface area contributed by atoms with Crippen LogP contribution in [0.2, 0.25) is 0 Å². The minimum absolute atomic E-state index is 0.204. The monoisotopic (exact) mass is 377 g/mol. The van der Waals surface area contributed by atoms with Crippen molar-refractivity contribution in [2.45, 2.75) is 26.2 Å². The van der Waals surface area contributed by atoms with Gasteiger partial charge < -0.3 is 10.5 Å². The molecule has 0 spiro atoms. The fourth-order valence-electron chi connectivity index (χ4n) is 2.55. The normalized spacial score (nSPS) is 10.5. The maximum absolute atomic E-state index is 12.1. The zero-order chi connectivity index (χ0) is 19.9. The Bertz CT molecular complexity index is 927. The minimum Gasteiger partial charge on any atom is -0.437 e. The predicted octanol–water partition coefficient (Wildman–Crippen LogP) is 3.66. The predicted molar refractivity (Wildman–Crippen MR) is 109 cm³/mol. The van der Waals surface area contributed by atoms with Crippen molar-refractivity contribution in [1.82, 2.24) is 15.4 Å². The summed E-state index contributed by atoms with van der Waals surface area (Å²) in [6.45, 7) is 4.25. The molecule has 144 valence electrons. The molecule has 1 amide bonds. The fraction of sp³-hybridized carbons (Fsp3) is 0.190. The molecule has 3 rings (SSSR count). The number of benzene rings is 2. The van der Waals surface area contributed by atoms with Gasteiger partial charge in [0.2, 0.25) is 11.8 Å². The number of ether oxygens (including phenoxy) is 1. The highest BCUT2D eigenvalue weighted by atomic mass is 16.5. The van der Waals surface area contributed by atoms with E-state index >= 15 is 0 Å². The van der Waals surface area contributed by atoms with Crippen molar-refractivity contribution in [3.63, 3.8) is 0 Å². The lowest BCUT2D eigenvalue weighted by Crippen LogP contribution is -2.31. The van der Waals surface area contributed by atoms with Crippen LogP contribution in [-0.4, -0.2) is 15.9 Å². The van der Waals surface area contributed by atoms with Crippen molar-refractivity contribution in [3.8, 4) is 11.6 Å². The third-order valence-electron chi connectivity index (χ3n) is 4.14. The number of nitrogens with two attached hydrogens (primary N) is 1. The van der Waals surface area contributed by atoms with Crippen molar-refractivity contribution in [2.24, 2.45) is 0 Å². The Hall–Kier alpha value is -3.61. The van der Waals surface area contributed by atoms with Gasteiger partial charge >= 0.3 is 0 Å². The molecule has 0 saturated heterocycles. The van der Waals surface area contributed by atoms with Crippen molar-refractivity contribution >= 4 is 17.4 Å². The molecule has 4 N–H and O–H groups in total. The van der Waals surface area contributed by atoms with Crippen LogP contribution >= 0.6 is 0 Å². The van der Waals surface area contributed by atoms with Crippen LogP contribution < -0.4 is 21.3 Å². The van der Waals surface area contributed by atoms with E-state index in [1.165, 1.54) is 11.9 Å². The summed E-state index contributed by atoms with van der Waals surface area (Å²) in [4.78, 5) is 20.2. The summed E-state index contributed by atoms with van der Waals surface area (Å²) in [7, 11) is 0. The molecule has 1 heterocycles. The van der Waals surface area contributed by atoms with Crippen LogP contribution in [0.25, 0.3) is 0 Å². The molecule has 7 heteroatoms. The molecule has 2 aromatic carbocycles. The Kier molecular flexibility index (Phi) is 6.06. The number of hydrogen-bond donors (Lipinski definition) is 3. The highest BCUT2D eigenvalue weighted by Crippen LogP contribution is 2.29. The summed E-state index contributed by atoms with van der Waals surface area (Å²) in [5.74, 6) is 1.33. The van der Waals surface area contributed by atoms with Gasteiger partial charge in [0.1, 0.15) is 17.8 Å². The number of hydrogen-bond acceptors (Lipinski definition) is 6. The summed E-state index contributed by atoms with van der Waals surface area (Å²) < 4.78 is 5.76. The molecule has 28 heavy (non-hydrogen) atoms. The van der Waals surface area contributed by atoms with E-state index in [0.717, 1.165) is 5.56 Å². The topological polar surface area (TPSA) is 102 Å². The van der Waals surface area contributed by atoms with Crippen molar-refractivity contribution < 1.29 is 9.53 Å². The zero-order valence-electron chi connectivity index (χ0n) is 15.8. The molecule has 0 aliphatic heterocycles. The van der Waals surface area contributed by atoms with E-state index in [-0.39, 0.29) is 29.7 Å². The molecule has 1 aromatic heterocycles. The van der Waals surface area contributed by atoms with Gasteiger partial charge in [0.15, 0.2) is 5.82 Å². The first-order chi connectivity index (χ1) is 13.5. The second kappa shape index (κ2) is 8.85. The summed E-state index contributed by atoms with van der Waals surface area (Å²) in [6.07, 6.45) is 1.56. The number of aromatic nitrogens is 2. The molecule has 7 nitrogen and oxygen atoms in total. The third kappa shape index (κ3) is 4.97. The van der Waals surface area contributed by atoms with Gasteiger partial charge in [-0.05, 0) is 29.2 Å². The van der Waals surface area contributed by atoms with Crippen molar-refractivity contribution in [1.29, 1.82) is 0 Å². The molecular weight excluding hydrogens is 354 g/mol. The number of carbonyl (C=O) groups excluding carboxylic acids is 1.